The number of nitrogens with one attached hydrogen (secondary N) is 1. The molecule has 29 heavy (non-hydrogen) atoms. The van der Waals surface area contributed by atoms with Gasteiger partial charge >= 0.3 is 6.03 Å². The number of carbonyl (C=O) groups excluding carboxylic acids is 1. The van der Waals surface area contributed by atoms with Crippen molar-refractivity contribution < 1.29 is 14.1 Å². The first-order valence-electron chi connectivity index (χ1n) is 9.46. The number of urea groups is 1. The van der Waals surface area contributed by atoms with E-state index in [4.69, 9.17) is 20.9 Å². The van der Waals surface area contributed by atoms with E-state index in [0.717, 1.165) is 22.1 Å². The Bertz CT molecular complexity index is 968. The van der Waals surface area contributed by atoms with Crippen LogP contribution in [0.1, 0.15) is 42.3 Å². The first-order valence-corrected chi connectivity index (χ1v) is 10.7. The summed E-state index contributed by atoms with van der Waals surface area (Å²) in [5.74, 6) is 2.34. The molecule has 0 bridgehead atoms. The van der Waals surface area contributed by atoms with Crippen molar-refractivity contribution in [2.45, 2.75) is 38.8 Å². The Morgan fingerprint density at radius 1 is 1.31 bits per heavy atom. The van der Waals surface area contributed by atoms with Gasteiger partial charge in [-0.3, -0.25) is 0 Å². The SMILES string of the molecule is CCN(Cc1ccc(Cl)s1)C(=O)Nc1ccc(OCc2noc(C3CC3)n2)cc1. The lowest BCUT2D eigenvalue weighted by Gasteiger charge is -2.20. The number of carbonyl (C=O) groups is 1. The summed E-state index contributed by atoms with van der Waals surface area (Å²) in [6.45, 7) is 3.30. The van der Waals surface area contributed by atoms with Gasteiger partial charge in [0.1, 0.15) is 5.75 Å². The molecule has 152 valence electrons. The van der Waals surface area contributed by atoms with Crippen LogP contribution in [0.2, 0.25) is 4.34 Å². The largest absolute Gasteiger partial charge is 0.485 e. The Morgan fingerprint density at radius 2 is 2.10 bits per heavy atom. The van der Waals surface area contributed by atoms with E-state index in [9.17, 15) is 4.79 Å². The summed E-state index contributed by atoms with van der Waals surface area (Å²) in [6.07, 6.45) is 2.23. The fourth-order valence-electron chi connectivity index (χ4n) is 2.76. The van der Waals surface area contributed by atoms with Crippen molar-refractivity contribution in [3.63, 3.8) is 0 Å². The predicted octanol–water partition coefficient (Wildman–Crippen LogP) is 5.29. The van der Waals surface area contributed by atoms with E-state index >= 15 is 0 Å². The zero-order valence-electron chi connectivity index (χ0n) is 15.9. The van der Waals surface area contributed by atoms with E-state index in [2.05, 4.69) is 15.5 Å². The summed E-state index contributed by atoms with van der Waals surface area (Å²) in [5.41, 5.74) is 0.695. The van der Waals surface area contributed by atoms with Gasteiger partial charge in [0.05, 0.1) is 10.9 Å². The van der Waals surface area contributed by atoms with Crippen LogP contribution >= 0.6 is 22.9 Å². The Labute approximate surface area is 177 Å². The summed E-state index contributed by atoms with van der Waals surface area (Å²) in [6, 6.07) is 10.8. The number of hydrogen-bond acceptors (Lipinski definition) is 6. The molecule has 1 fully saturated rings. The van der Waals surface area contributed by atoms with Gasteiger partial charge in [0.25, 0.3) is 0 Å². The first kappa shape index (κ1) is 19.7. The van der Waals surface area contributed by atoms with E-state index in [1.54, 1.807) is 29.2 Å². The van der Waals surface area contributed by atoms with Crippen molar-refractivity contribution in [1.29, 1.82) is 0 Å². The summed E-state index contributed by atoms with van der Waals surface area (Å²) >= 11 is 7.45. The van der Waals surface area contributed by atoms with Crippen LogP contribution in [-0.4, -0.2) is 27.6 Å². The van der Waals surface area contributed by atoms with Gasteiger partial charge in [-0.2, -0.15) is 4.98 Å². The van der Waals surface area contributed by atoms with Gasteiger partial charge in [0.15, 0.2) is 6.61 Å². The van der Waals surface area contributed by atoms with Gasteiger partial charge < -0.3 is 19.5 Å². The van der Waals surface area contributed by atoms with Crippen LogP contribution in [0.3, 0.4) is 0 Å². The molecule has 7 nitrogen and oxygen atoms in total. The number of anilines is 1. The minimum Gasteiger partial charge on any atom is -0.485 e. The summed E-state index contributed by atoms with van der Waals surface area (Å²) in [4.78, 5) is 19.6. The molecule has 1 aliphatic carbocycles. The molecule has 0 atom stereocenters. The monoisotopic (exact) mass is 432 g/mol. The molecule has 1 saturated carbocycles. The van der Waals surface area contributed by atoms with Crippen molar-refractivity contribution in [2.75, 3.05) is 11.9 Å². The molecule has 2 amide bonds. The number of hydrogen-bond donors (Lipinski definition) is 1. The number of rotatable bonds is 8. The Balaban J connectivity index is 1.28. The van der Waals surface area contributed by atoms with Crippen molar-refractivity contribution in [1.82, 2.24) is 15.0 Å². The lowest BCUT2D eigenvalue weighted by atomic mass is 10.3. The quantitative estimate of drug-likeness (QED) is 0.522. The fourth-order valence-corrected chi connectivity index (χ4v) is 3.86. The molecule has 1 aliphatic rings. The number of ether oxygens (including phenoxy) is 1. The number of aromatic nitrogens is 2. The van der Waals surface area contributed by atoms with Crippen LogP contribution in [0.4, 0.5) is 10.5 Å². The van der Waals surface area contributed by atoms with Gasteiger partial charge in [-0.25, -0.2) is 4.79 Å². The minimum atomic E-state index is -0.162. The average molecular weight is 433 g/mol. The predicted molar refractivity (Wildman–Crippen MR) is 111 cm³/mol. The van der Waals surface area contributed by atoms with Crippen LogP contribution in [0.25, 0.3) is 0 Å². The van der Waals surface area contributed by atoms with Gasteiger partial charge in [-0.1, -0.05) is 16.8 Å². The van der Waals surface area contributed by atoms with Crippen LogP contribution in [0.5, 0.6) is 5.75 Å². The highest BCUT2D eigenvalue weighted by Gasteiger charge is 2.29. The second-order valence-corrected chi connectivity index (χ2v) is 8.59. The zero-order valence-corrected chi connectivity index (χ0v) is 17.5. The van der Waals surface area contributed by atoms with Crippen LogP contribution in [-0.2, 0) is 13.2 Å². The van der Waals surface area contributed by atoms with Crippen LogP contribution in [0, 0.1) is 0 Å². The average Bonchev–Trinajstić information content (AvgIpc) is 3.32. The molecule has 2 heterocycles. The summed E-state index contributed by atoms with van der Waals surface area (Å²) in [7, 11) is 0. The van der Waals surface area contributed by atoms with E-state index in [1.807, 2.05) is 19.1 Å². The van der Waals surface area contributed by atoms with E-state index in [0.29, 0.717) is 42.2 Å². The van der Waals surface area contributed by atoms with E-state index in [-0.39, 0.29) is 12.6 Å². The minimum absolute atomic E-state index is 0.162. The van der Waals surface area contributed by atoms with Crippen molar-refractivity contribution in [3.05, 3.63) is 57.3 Å². The van der Waals surface area contributed by atoms with Gasteiger partial charge in [0.2, 0.25) is 11.7 Å². The Hall–Kier alpha value is -2.58. The second-order valence-electron chi connectivity index (χ2n) is 6.79. The number of thiophene rings is 1. The van der Waals surface area contributed by atoms with Gasteiger partial charge in [0, 0.05) is 23.0 Å². The summed E-state index contributed by atoms with van der Waals surface area (Å²) in [5, 5.41) is 6.84. The molecular formula is C20H21ClN4O3S. The van der Waals surface area contributed by atoms with Crippen LogP contribution in [0.15, 0.2) is 40.9 Å². The number of halogens is 1. The highest BCUT2D eigenvalue weighted by Crippen LogP contribution is 2.38. The molecule has 9 heteroatoms. The third-order valence-electron chi connectivity index (χ3n) is 4.53. The fraction of sp³-hybridized carbons (Fsp3) is 0.350. The summed E-state index contributed by atoms with van der Waals surface area (Å²) < 4.78 is 11.6. The standard InChI is InChI=1S/C20H21ClN4O3S/c1-2-25(11-16-9-10-17(21)29-16)20(26)22-14-5-7-15(8-6-14)27-12-18-23-19(28-24-18)13-3-4-13/h5-10,13H,2-4,11-12H2,1H3,(H,22,26). The maximum Gasteiger partial charge on any atom is 0.322 e. The Kier molecular flexibility index (Phi) is 6.01. The lowest BCUT2D eigenvalue weighted by molar-refractivity contribution is 0.212. The van der Waals surface area contributed by atoms with E-state index in [1.165, 1.54) is 11.3 Å². The molecule has 4 rings (SSSR count). The highest BCUT2D eigenvalue weighted by atomic mass is 35.5. The van der Waals surface area contributed by atoms with Crippen molar-refractivity contribution in [2.24, 2.45) is 0 Å². The van der Waals surface area contributed by atoms with Gasteiger partial charge in [-0.05, 0) is 56.2 Å². The molecular weight excluding hydrogens is 412 g/mol. The van der Waals surface area contributed by atoms with E-state index < -0.39 is 0 Å². The molecule has 0 unspecified atom stereocenters. The lowest BCUT2D eigenvalue weighted by Crippen LogP contribution is -2.34. The molecule has 3 aromatic rings. The maximum absolute atomic E-state index is 12.5. The third kappa shape index (κ3) is 5.27. The third-order valence-corrected chi connectivity index (χ3v) is 5.74. The molecule has 0 aliphatic heterocycles. The molecule has 1 aromatic carbocycles. The number of amides is 2. The molecule has 0 radical (unpaired) electrons. The number of nitrogens with zero attached hydrogens (tertiary/aromatic N) is 3. The maximum atomic E-state index is 12.5. The zero-order chi connectivity index (χ0) is 20.2. The Morgan fingerprint density at radius 3 is 2.76 bits per heavy atom. The second kappa shape index (κ2) is 8.84. The van der Waals surface area contributed by atoms with Crippen molar-refractivity contribution in [3.8, 4) is 5.75 Å². The topological polar surface area (TPSA) is 80.5 Å². The van der Waals surface area contributed by atoms with Crippen LogP contribution < -0.4 is 10.1 Å². The molecule has 2 aromatic heterocycles. The molecule has 0 saturated heterocycles. The molecule has 1 N–H and O–H groups in total. The first-order chi connectivity index (χ1) is 14.1. The normalized spacial score (nSPS) is 13.3. The highest BCUT2D eigenvalue weighted by molar-refractivity contribution is 7.16. The number of benzene rings is 1. The smallest absolute Gasteiger partial charge is 0.322 e. The van der Waals surface area contributed by atoms with Crippen molar-refractivity contribution >= 4 is 34.7 Å². The van der Waals surface area contributed by atoms with Gasteiger partial charge in [-0.15, -0.1) is 11.3 Å². The molecule has 0 spiro atoms.